The van der Waals surface area contributed by atoms with Crippen LogP contribution in [0, 0.1) is 17.8 Å². The minimum absolute atomic E-state index is 0.160. The fourth-order valence-electron chi connectivity index (χ4n) is 4.02. The molecule has 4 rings (SSSR count). The van der Waals surface area contributed by atoms with E-state index in [0.29, 0.717) is 24.4 Å². The highest BCUT2D eigenvalue weighted by Crippen LogP contribution is 2.37. The maximum Gasteiger partial charge on any atom is 0.249 e. The Labute approximate surface area is 167 Å². The number of anilines is 1. The van der Waals surface area contributed by atoms with E-state index in [0.717, 1.165) is 10.2 Å². The van der Waals surface area contributed by atoms with Crippen molar-refractivity contribution in [1.82, 2.24) is 9.88 Å². The third kappa shape index (κ3) is 3.35. The second-order valence-electron chi connectivity index (χ2n) is 7.82. The topological polar surface area (TPSA) is 79.4 Å². The summed E-state index contributed by atoms with van der Waals surface area (Å²) in [7, 11) is 0. The van der Waals surface area contributed by atoms with Crippen molar-refractivity contribution in [2.24, 2.45) is 17.8 Å². The van der Waals surface area contributed by atoms with Crippen LogP contribution >= 0.6 is 11.3 Å². The molecule has 3 amide bonds. The maximum absolute atomic E-state index is 13.1. The predicted octanol–water partition coefficient (Wildman–Crippen LogP) is 3.60. The number of carbonyl (C=O) groups excluding carboxylic acids is 3. The molecule has 1 aliphatic carbocycles. The van der Waals surface area contributed by atoms with Gasteiger partial charge in [-0.25, -0.2) is 4.98 Å². The van der Waals surface area contributed by atoms with Crippen molar-refractivity contribution in [1.29, 1.82) is 0 Å². The first-order valence-electron chi connectivity index (χ1n) is 9.64. The van der Waals surface area contributed by atoms with Gasteiger partial charge in [-0.1, -0.05) is 49.5 Å². The molecule has 0 radical (unpaired) electrons. The molecule has 7 heteroatoms. The summed E-state index contributed by atoms with van der Waals surface area (Å²) < 4.78 is 0.976. The van der Waals surface area contributed by atoms with Crippen molar-refractivity contribution >= 4 is 44.4 Å². The fraction of sp³-hybridized carbons (Fsp3) is 0.429. The standard InChI is InChI=1S/C21H23N3O3S/c1-12(2)11-16(24-19(26)13-7-3-4-8-14(13)20(24)27)18(25)23-21-22-15-9-5-6-10-17(15)28-21/h3-6,9-10,12-14,16H,7-8,11H2,1-2H3,(H,22,23,25). The zero-order valence-electron chi connectivity index (χ0n) is 15.9. The van der Waals surface area contributed by atoms with Crippen LogP contribution in [-0.2, 0) is 14.4 Å². The molecule has 0 saturated carbocycles. The maximum atomic E-state index is 13.1. The molecule has 146 valence electrons. The average molecular weight is 398 g/mol. The van der Waals surface area contributed by atoms with Gasteiger partial charge in [0.25, 0.3) is 0 Å². The Balaban J connectivity index is 1.59. The third-order valence-electron chi connectivity index (χ3n) is 5.37. The van der Waals surface area contributed by atoms with Crippen LogP contribution in [-0.4, -0.2) is 33.6 Å². The van der Waals surface area contributed by atoms with Crippen molar-refractivity contribution in [3.05, 3.63) is 36.4 Å². The summed E-state index contributed by atoms with van der Waals surface area (Å²) in [5.74, 6) is -1.28. The highest BCUT2D eigenvalue weighted by Gasteiger charge is 2.51. The normalized spacial score (nSPS) is 22.8. The molecule has 1 aliphatic heterocycles. The number of carbonyl (C=O) groups is 3. The lowest BCUT2D eigenvalue weighted by atomic mass is 9.85. The van der Waals surface area contributed by atoms with Gasteiger partial charge in [-0.05, 0) is 37.3 Å². The Kier molecular flexibility index (Phi) is 5.02. The molecule has 1 fully saturated rings. The van der Waals surface area contributed by atoms with Crippen LogP contribution in [0.2, 0.25) is 0 Å². The Morgan fingerprint density at radius 1 is 1.18 bits per heavy atom. The molecular weight excluding hydrogens is 374 g/mol. The van der Waals surface area contributed by atoms with E-state index in [1.54, 1.807) is 0 Å². The van der Waals surface area contributed by atoms with E-state index < -0.39 is 6.04 Å². The smallest absolute Gasteiger partial charge is 0.249 e. The Bertz CT molecular complexity index is 906. The molecule has 1 saturated heterocycles. The van der Waals surface area contributed by atoms with Gasteiger partial charge in [0.05, 0.1) is 22.1 Å². The van der Waals surface area contributed by atoms with Gasteiger partial charge in [0, 0.05) is 0 Å². The number of amides is 3. The number of allylic oxidation sites excluding steroid dienone is 2. The first kappa shape index (κ1) is 18.8. The summed E-state index contributed by atoms with van der Waals surface area (Å²) >= 11 is 1.38. The lowest BCUT2D eigenvalue weighted by Gasteiger charge is -2.26. The predicted molar refractivity (Wildman–Crippen MR) is 109 cm³/mol. The zero-order valence-corrected chi connectivity index (χ0v) is 16.7. The molecule has 3 atom stereocenters. The van der Waals surface area contributed by atoms with Crippen molar-refractivity contribution in [2.75, 3.05) is 5.32 Å². The third-order valence-corrected chi connectivity index (χ3v) is 6.33. The number of imide groups is 1. The van der Waals surface area contributed by atoms with E-state index in [1.165, 1.54) is 16.2 Å². The van der Waals surface area contributed by atoms with Gasteiger partial charge in [0.1, 0.15) is 6.04 Å². The van der Waals surface area contributed by atoms with E-state index in [9.17, 15) is 14.4 Å². The van der Waals surface area contributed by atoms with Crippen LogP contribution < -0.4 is 5.32 Å². The van der Waals surface area contributed by atoms with Crippen LogP contribution in [0.25, 0.3) is 10.2 Å². The molecule has 1 aromatic carbocycles. The number of thiazole rings is 1. The second kappa shape index (κ2) is 7.47. The number of para-hydroxylation sites is 1. The van der Waals surface area contributed by atoms with Gasteiger partial charge in [0.15, 0.2) is 5.13 Å². The number of nitrogens with one attached hydrogen (secondary N) is 1. The quantitative estimate of drug-likeness (QED) is 0.618. The van der Waals surface area contributed by atoms with Crippen molar-refractivity contribution in [2.45, 2.75) is 39.2 Å². The Hall–Kier alpha value is -2.54. The van der Waals surface area contributed by atoms with E-state index in [-0.39, 0.29) is 35.5 Å². The Morgan fingerprint density at radius 3 is 2.43 bits per heavy atom. The van der Waals surface area contributed by atoms with Gasteiger partial charge in [-0.2, -0.15) is 0 Å². The summed E-state index contributed by atoms with van der Waals surface area (Å²) in [6.07, 6.45) is 5.48. The van der Waals surface area contributed by atoms with Gasteiger partial charge < -0.3 is 5.32 Å². The summed E-state index contributed by atoms with van der Waals surface area (Å²) in [4.78, 5) is 44.7. The molecule has 2 aromatic rings. The number of hydrogen-bond acceptors (Lipinski definition) is 5. The lowest BCUT2D eigenvalue weighted by Crippen LogP contribution is -2.48. The number of benzene rings is 1. The fourth-order valence-corrected chi connectivity index (χ4v) is 4.89. The summed E-state index contributed by atoms with van der Waals surface area (Å²) in [5.41, 5.74) is 0.814. The van der Waals surface area contributed by atoms with E-state index >= 15 is 0 Å². The zero-order chi connectivity index (χ0) is 19.8. The number of fused-ring (bicyclic) bond motifs is 2. The summed E-state index contributed by atoms with van der Waals surface area (Å²) in [6.45, 7) is 3.97. The first-order chi connectivity index (χ1) is 13.5. The van der Waals surface area contributed by atoms with Crippen LogP contribution in [0.1, 0.15) is 33.1 Å². The van der Waals surface area contributed by atoms with E-state index in [1.807, 2.05) is 50.3 Å². The molecule has 1 N–H and O–H groups in total. The van der Waals surface area contributed by atoms with Crippen molar-refractivity contribution in [3.8, 4) is 0 Å². The van der Waals surface area contributed by atoms with Crippen LogP contribution in [0.15, 0.2) is 36.4 Å². The highest BCUT2D eigenvalue weighted by atomic mass is 32.1. The lowest BCUT2D eigenvalue weighted by molar-refractivity contribution is -0.147. The molecule has 0 spiro atoms. The van der Waals surface area contributed by atoms with Crippen LogP contribution in [0.3, 0.4) is 0 Å². The number of aromatic nitrogens is 1. The molecule has 1 aromatic heterocycles. The van der Waals surface area contributed by atoms with Crippen LogP contribution in [0.5, 0.6) is 0 Å². The van der Waals surface area contributed by atoms with Crippen LogP contribution in [0.4, 0.5) is 5.13 Å². The minimum Gasteiger partial charge on any atom is -0.300 e. The number of likely N-dealkylation sites (tertiary alicyclic amines) is 1. The highest BCUT2D eigenvalue weighted by molar-refractivity contribution is 7.22. The van der Waals surface area contributed by atoms with Gasteiger partial charge in [0.2, 0.25) is 17.7 Å². The molecule has 3 unspecified atom stereocenters. The summed E-state index contributed by atoms with van der Waals surface area (Å²) in [6, 6.07) is 6.84. The van der Waals surface area contributed by atoms with Crippen molar-refractivity contribution in [3.63, 3.8) is 0 Å². The molecule has 0 bridgehead atoms. The van der Waals surface area contributed by atoms with Gasteiger partial charge in [-0.15, -0.1) is 0 Å². The molecular formula is C21H23N3O3S. The number of rotatable bonds is 5. The monoisotopic (exact) mass is 397 g/mol. The van der Waals surface area contributed by atoms with E-state index in [4.69, 9.17) is 0 Å². The molecule has 2 aliphatic rings. The molecule has 6 nitrogen and oxygen atoms in total. The van der Waals surface area contributed by atoms with Gasteiger partial charge >= 0.3 is 0 Å². The molecule has 2 heterocycles. The number of nitrogens with zero attached hydrogens (tertiary/aromatic N) is 2. The minimum atomic E-state index is -0.808. The first-order valence-corrected chi connectivity index (χ1v) is 10.5. The molecule has 28 heavy (non-hydrogen) atoms. The van der Waals surface area contributed by atoms with Gasteiger partial charge in [-0.3, -0.25) is 19.3 Å². The van der Waals surface area contributed by atoms with E-state index in [2.05, 4.69) is 10.3 Å². The summed E-state index contributed by atoms with van der Waals surface area (Å²) in [5, 5.41) is 3.33. The largest absolute Gasteiger partial charge is 0.300 e. The average Bonchev–Trinajstić information content (AvgIpc) is 3.19. The van der Waals surface area contributed by atoms with Crippen molar-refractivity contribution < 1.29 is 14.4 Å². The Morgan fingerprint density at radius 2 is 1.82 bits per heavy atom. The number of hydrogen-bond donors (Lipinski definition) is 1. The second-order valence-corrected chi connectivity index (χ2v) is 8.85. The SMILES string of the molecule is CC(C)CC(C(=O)Nc1nc2ccccc2s1)N1C(=O)C2CC=CCC2C1=O.